The molecule has 0 radical (unpaired) electrons. The zero-order valence-electron chi connectivity index (χ0n) is 20.4. The Morgan fingerprint density at radius 3 is 1.95 bits per heavy atom. The van der Waals surface area contributed by atoms with E-state index in [1.54, 1.807) is 49.6 Å². The van der Waals surface area contributed by atoms with Gasteiger partial charge in [-0.3, -0.25) is 9.10 Å². The van der Waals surface area contributed by atoms with Crippen LogP contribution in [0.4, 0.5) is 5.69 Å². The Balaban J connectivity index is 1.48. The van der Waals surface area contributed by atoms with Crippen LogP contribution in [0.3, 0.4) is 0 Å². The first-order chi connectivity index (χ1) is 18.0. The molecule has 190 valence electrons. The highest BCUT2D eigenvalue weighted by atomic mass is 32.2. The van der Waals surface area contributed by atoms with E-state index in [9.17, 15) is 13.2 Å². The number of nitrogens with zero attached hydrogens (tertiary/aromatic N) is 1. The van der Waals surface area contributed by atoms with Gasteiger partial charge in [0.1, 0.15) is 23.8 Å². The highest BCUT2D eigenvalue weighted by molar-refractivity contribution is 7.92. The van der Waals surface area contributed by atoms with Crippen LogP contribution in [-0.4, -0.2) is 34.5 Å². The monoisotopic (exact) mass is 516 g/mol. The van der Waals surface area contributed by atoms with Crippen molar-refractivity contribution in [2.45, 2.75) is 11.3 Å². The Hall–Kier alpha value is -4.30. The molecule has 0 aromatic heterocycles. The molecule has 0 saturated heterocycles. The molecule has 4 aromatic rings. The maximum atomic E-state index is 13.5. The van der Waals surface area contributed by atoms with Crippen molar-refractivity contribution in [1.82, 2.24) is 5.32 Å². The van der Waals surface area contributed by atoms with Crippen molar-refractivity contribution in [3.05, 3.63) is 115 Å². The molecule has 7 nitrogen and oxygen atoms in total. The number of nitrogens with one attached hydrogen (secondary N) is 1. The molecular weight excluding hydrogens is 488 g/mol. The van der Waals surface area contributed by atoms with Crippen LogP contribution in [0.2, 0.25) is 0 Å². The van der Waals surface area contributed by atoms with E-state index in [0.717, 1.165) is 15.6 Å². The molecule has 0 fully saturated rings. The Bertz CT molecular complexity index is 1390. The Labute approximate surface area is 217 Å². The molecule has 0 bridgehead atoms. The largest absolute Gasteiger partial charge is 0.497 e. The second-order valence-corrected chi connectivity index (χ2v) is 10.0. The topological polar surface area (TPSA) is 84.9 Å². The Morgan fingerprint density at radius 2 is 1.32 bits per heavy atom. The maximum Gasteiger partial charge on any atom is 0.264 e. The van der Waals surface area contributed by atoms with Crippen molar-refractivity contribution in [3.8, 4) is 17.2 Å². The minimum Gasteiger partial charge on any atom is -0.497 e. The summed E-state index contributed by atoms with van der Waals surface area (Å²) in [4.78, 5) is 12.9. The molecule has 4 aromatic carbocycles. The van der Waals surface area contributed by atoms with Crippen LogP contribution in [0, 0.1) is 0 Å². The highest BCUT2D eigenvalue weighted by Crippen LogP contribution is 2.28. The number of methoxy groups -OCH3 is 1. The summed E-state index contributed by atoms with van der Waals surface area (Å²) in [6.07, 6.45) is 0.604. The summed E-state index contributed by atoms with van der Waals surface area (Å²) in [5.74, 6) is 1.57. The third kappa shape index (κ3) is 6.89. The second kappa shape index (κ2) is 12.1. The fourth-order valence-corrected chi connectivity index (χ4v) is 5.11. The zero-order valence-corrected chi connectivity index (χ0v) is 21.2. The van der Waals surface area contributed by atoms with E-state index >= 15 is 0 Å². The van der Waals surface area contributed by atoms with Gasteiger partial charge in [0.05, 0.1) is 17.7 Å². The van der Waals surface area contributed by atoms with Gasteiger partial charge in [0, 0.05) is 6.54 Å². The van der Waals surface area contributed by atoms with Crippen molar-refractivity contribution in [2.75, 3.05) is 24.5 Å². The summed E-state index contributed by atoms with van der Waals surface area (Å²) in [5, 5.41) is 2.83. The van der Waals surface area contributed by atoms with Crippen LogP contribution in [0.1, 0.15) is 5.56 Å². The van der Waals surface area contributed by atoms with E-state index in [1.165, 1.54) is 12.1 Å². The molecule has 0 saturated carbocycles. The lowest BCUT2D eigenvalue weighted by atomic mass is 10.1. The van der Waals surface area contributed by atoms with Gasteiger partial charge in [-0.05, 0) is 72.6 Å². The molecule has 0 unspecified atom stereocenters. The number of para-hydroxylation sites is 1. The Kier molecular flexibility index (Phi) is 8.43. The van der Waals surface area contributed by atoms with E-state index in [0.29, 0.717) is 30.2 Å². The van der Waals surface area contributed by atoms with E-state index in [4.69, 9.17) is 9.47 Å². The Morgan fingerprint density at radius 1 is 0.757 bits per heavy atom. The van der Waals surface area contributed by atoms with E-state index in [1.807, 2.05) is 54.6 Å². The summed E-state index contributed by atoms with van der Waals surface area (Å²) >= 11 is 0. The van der Waals surface area contributed by atoms with Crippen LogP contribution < -0.4 is 19.1 Å². The molecule has 1 N–H and O–H groups in total. The molecule has 37 heavy (non-hydrogen) atoms. The number of hydrogen-bond acceptors (Lipinski definition) is 5. The normalized spacial score (nSPS) is 10.9. The van der Waals surface area contributed by atoms with Crippen molar-refractivity contribution >= 4 is 21.6 Å². The number of hydrogen-bond donors (Lipinski definition) is 1. The lowest BCUT2D eigenvalue weighted by molar-refractivity contribution is -0.119. The first kappa shape index (κ1) is 25.8. The van der Waals surface area contributed by atoms with Gasteiger partial charge in [-0.25, -0.2) is 8.42 Å². The maximum absolute atomic E-state index is 13.5. The van der Waals surface area contributed by atoms with Crippen molar-refractivity contribution in [2.24, 2.45) is 0 Å². The lowest BCUT2D eigenvalue weighted by Gasteiger charge is -2.24. The number of rotatable bonds is 11. The number of amides is 1. The minimum atomic E-state index is -3.99. The van der Waals surface area contributed by atoms with Crippen LogP contribution in [-0.2, 0) is 21.2 Å². The van der Waals surface area contributed by atoms with E-state index in [2.05, 4.69) is 5.32 Å². The average Bonchev–Trinajstić information content (AvgIpc) is 2.94. The molecule has 0 aliphatic heterocycles. The number of carbonyl (C=O) groups is 1. The quantitative estimate of drug-likeness (QED) is 0.302. The van der Waals surface area contributed by atoms with Gasteiger partial charge in [-0.15, -0.1) is 0 Å². The number of sulfonamides is 1. The molecule has 0 spiro atoms. The third-order valence-corrected chi connectivity index (χ3v) is 7.41. The highest BCUT2D eigenvalue weighted by Gasteiger charge is 2.27. The van der Waals surface area contributed by atoms with E-state index in [-0.39, 0.29) is 11.4 Å². The van der Waals surface area contributed by atoms with Gasteiger partial charge < -0.3 is 14.8 Å². The van der Waals surface area contributed by atoms with Crippen LogP contribution in [0.5, 0.6) is 17.2 Å². The number of anilines is 1. The molecule has 0 aliphatic rings. The van der Waals surface area contributed by atoms with E-state index < -0.39 is 15.9 Å². The summed E-state index contributed by atoms with van der Waals surface area (Å²) < 4.78 is 39.1. The first-order valence-electron chi connectivity index (χ1n) is 11.8. The molecule has 8 heteroatoms. The summed E-state index contributed by atoms with van der Waals surface area (Å²) in [7, 11) is -2.38. The predicted octanol–water partition coefficient (Wildman–Crippen LogP) is 5.04. The smallest absolute Gasteiger partial charge is 0.264 e. The number of ether oxygens (including phenoxy) is 2. The predicted molar refractivity (Wildman–Crippen MR) is 144 cm³/mol. The third-order valence-electron chi connectivity index (χ3n) is 5.62. The minimum absolute atomic E-state index is 0.102. The van der Waals surface area contributed by atoms with Crippen LogP contribution >= 0.6 is 0 Å². The zero-order chi connectivity index (χ0) is 26.1. The second-order valence-electron chi connectivity index (χ2n) is 8.18. The number of carbonyl (C=O) groups excluding carboxylic acids is 1. The molecule has 1 amide bonds. The fourth-order valence-electron chi connectivity index (χ4n) is 3.66. The molecule has 0 heterocycles. The number of benzene rings is 4. The SMILES string of the molecule is COc1ccc(CCNC(=O)CN(c2ccc(Oc3ccccc3)cc2)S(=O)(=O)c2ccccc2)cc1. The van der Waals surface area contributed by atoms with Gasteiger partial charge >= 0.3 is 0 Å². The summed E-state index contributed by atoms with van der Waals surface area (Å²) in [6.45, 7) is 0.00691. The standard InChI is InChI=1S/C29H28N2O5S/c1-35-25-16-12-23(13-17-25)20-21-30-29(32)22-31(37(33,34)28-10-6-3-7-11-28)24-14-18-27(19-15-24)36-26-8-4-2-5-9-26/h2-19H,20-22H2,1H3,(H,30,32). The summed E-state index contributed by atoms with van der Waals surface area (Å²) in [5.41, 5.74) is 1.39. The van der Waals surface area contributed by atoms with Crippen molar-refractivity contribution in [3.63, 3.8) is 0 Å². The van der Waals surface area contributed by atoms with Crippen LogP contribution in [0.25, 0.3) is 0 Å². The van der Waals surface area contributed by atoms with Gasteiger partial charge in [0.25, 0.3) is 10.0 Å². The average molecular weight is 517 g/mol. The van der Waals surface area contributed by atoms with Crippen molar-refractivity contribution in [1.29, 1.82) is 0 Å². The summed E-state index contributed by atoms with van der Waals surface area (Å²) in [6, 6.07) is 31.5. The van der Waals surface area contributed by atoms with Gasteiger partial charge in [0.15, 0.2) is 0 Å². The molecule has 0 atom stereocenters. The van der Waals surface area contributed by atoms with Crippen LogP contribution in [0.15, 0.2) is 114 Å². The fraction of sp³-hybridized carbons (Fsp3) is 0.138. The van der Waals surface area contributed by atoms with Gasteiger partial charge in [0.2, 0.25) is 5.91 Å². The first-order valence-corrected chi connectivity index (χ1v) is 13.2. The molecule has 0 aliphatic carbocycles. The molecular formula is C29H28N2O5S. The lowest BCUT2D eigenvalue weighted by Crippen LogP contribution is -2.41. The van der Waals surface area contributed by atoms with Gasteiger partial charge in [-0.2, -0.15) is 0 Å². The van der Waals surface area contributed by atoms with Crippen molar-refractivity contribution < 1.29 is 22.7 Å². The van der Waals surface area contributed by atoms with Gasteiger partial charge in [-0.1, -0.05) is 48.5 Å². The molecule has 4 rings (SSSR count).